The standard InChI is InChI=1S/C22H26FNO5/c1-3-24(14-17-7-5-6-8-19(17)23)21(25)15-29-18-11-9-16(10-12-18)13-20(22(26)27)28-4-2/h5-12,20H,3-4,13-15H2,1-2H3,(H,26,27)/t20-/m0/s1. The van der Waals surface area contributed by atoms with Crippen LogP contribution < -0.4 is 4.74 Å². The van der Waals surface area contributed by atoms with Gasteiger partial charge in [-0.15, -0.1) is 0 Å². The van der Waals surface area contributed by atoms with Gasteiger partial charge in [-0.1, -0.05) is 30.3 Å². The van der Waals surface area contributed by atoms with Gasteiger partial charge in [-0.3, -0.25) is 4.79 Å². The molecule has 1 amide bonds. The van der Waals surface area contributed by atoms with Crippen molar-refractivity contribution in [1.29, 1.82) is 0 Å². The van der Waals surface area contributed by atoms with Crippen LogP contribution in [-0.2, 0) is 27.3 Å². The fourth-order valence-electron chi connectivity index (χ4n) is 2.80. The largest absolute Gasteiger partial charge is 0.484 e. The van der Waals surface area contributed by atoms with E-state index < -0.39 is 12.1 Å². The molecule has 2 aromatic rings. The van der Waals surface area contributed by atoms with Gasteiger partial charge in [0.2, 0.25) is 0 Å². The van der Waals surface area contributed by atoms with Gasteiger partial charge in [0.05, 0.1) is 0 Å². The number of halogens is 1. The number of carboxylic acid groups (broad SMARTS) is 1. The van der Waals surface area contributed by atoms with Crippen molar-refractivity contribution >= 4 is 11.9 Å². The van der Waals surface area contributed by atoms with E-state index in [0.717, 1.165) is 5.56 Å². The highest BCUT2D eigenvalue weighted by Gasteiger charge is 2.18. The number of amides is 1. The molecule has 0 spiro atoms. The summed E-state index contributed by atoms with van der Waals surface area (Å²) in [7, 11) is 0. The normalized spacial score (nSPS) is 11.7. The highest BCUT2D eigenvalue weighted by molar-refractivity contribution is 5.77. The van der Waals surface area contributed by atoms with Gasteiger partial charge in [-0.2, -0.15) is 0 Å². The lowest BCUT2D eigenvalue weighted by molar-refractivity contribution is -0.150. The van der Waals surface area contributed by atoms with Crippen LogP contribution in [0.1, 0.15) is 25.0 Å². The van der Waals surface area contributed by atoms with Gasteiger partial charge in [-0.05, 0) is 37.6 Å². The van der Waals surface area contributed by atoms with Crippen molar-refractivity contribution in [2.75, 3.05) is 19.8 Å². The molecule has 0 radical (unpaired) electrons. The summed E-state index contributed by atoms with van der Waals surface area (Å²) in [6.07, 6.45) is -0.654. The van der Waals surface area contributed by atoms with E-state index in [9.17, 15) is 14.0 Å². The number of benzene rings is 2. The summed E-state index contributed by atoms with van der Waals surface area (Å²) in [6, 6.07) is 13.2. The van der Waals surface area contributed by atoms with Crippen LogP contribution in [0.2, 0.25) is 0 Å². The second kappa shape index (κ2) is 11.2. The zero-order valence-electron chi connectivity index (χ0n) is 16.6. The molecule has 0 fully saturated rings. The Labute approximate surface area is 169 Å². The number of carboxylic acids is 1. The van der Waals surface area contributed by atoms with Crippen molar-refractivity contribution < 1.29 is 28.6 Å². The summed E-state index contributed by atoms with van der Waals surface area (Å²) >= 11 is 0. The Balaban J connectivity index is 1.90. The van der Waals surface area contributed by atoms with E-state index >= 15 is 0 Å². The summed E-state index contributed by atoms with van der Waals surface area (Å²) in [5.74, 6) is -1.11. The Kier molecular flexibility index (Phi) is 8.61. The van der Waals surface area contributed by atoms with Crippen molar-refractivity contribution in [3.63, 3.8) is 0 Å². The maximum absolute atomic E-state index is 13.8. The number of aliphatic carboxylic acids is 1. The van der Waals surface area contributed by atoms with E-state index in [2.05, 4.69) is 0 Å². The summed E-state index contributed by atoms with van der Waals surface area (Å²) in [4.78, 5) is 25.1. The van der Waals surface area contributed by atoms with Gasteiger partial charge in [0.25, 0.3) is 5.91 Å². The molecule has 2 rings (SSSR count). The predicted molar refractivity (Wildman–Crippen MR) is 106 cm³/mol. The number of hydrogen-bond acceptors (Lipinski definition) is 4. The van der Waals surface area contributed by atoms with Crippen LogP contribution in [0.15, 0.2) is 48.5 Å². The second-order valence-electron chi connectivity index (χ2n) is 6.42. The molecule has 0 heterocycles. The average molecular weight is 403 g/mol. The van der Waals surface area contributed by atoms with E-state index in [1.165, 1.54) is 11.0 Å². The number of hydrogen-bond donors (Lipinski definition) is 1. The minimum Gasteiger partial charge on any atom is -0.484 e. The van der Waals surface area contributed by atoms with Crippen molar-refractivity contribution in [2.24, 2.45) is 0 Å². The minimum absolute atomic E-state index is 0.168. The van der Waals surface area contributed by atoms with Crippen LogP contribution in [0.4, 0.5) is 4.39 Å². The topological polar surface area (TPSA) is 76.1 Å². The Morgan fingerprint density at radius 3 is 2.38 bits per heavy atom. The molecule has 29 heavy (non-hydrogen) atoms. The van der Waals surface area contributed by atoms with Crippen LogP contribution in [0.5, 0.6) is 5.75 Å². The molecule has 0 aliphatic heterocycles. The highest BCUT2D eigenvalue weighted by Crippen LogP contribution is 2.15. The smallest absolute Gasteiger partial charge is 0.333 e. The monoisotopic (exact) mass is 403 g/mol. The summed E-state index contributed by atoms with van der Waals surface area (Å²) in [5, 5.41) is 9.15. The minimum atomic E-state index is -1.01. The molecule has 2 aromatic carbocycles. The molecule has 6 nitrogen and oxygen atoms in total. The molecule has 0 saturated heterocycles. The molecule has 0 bridgehead atoms. The van der Waals surface area contributed by atoms with Gasteiger partial charge in [0, 0.05) is 31.7 Å². The average Bonchev–Trinajstić information content (AvgIpc) is 2.72. The lowest BCUT2D eigenvalue weighted by atomic mass is 10.1. The number of rotatable bonds is 11. The van der Waals surface area contributed by atoms with Crippen LogP contribution in [0, 0.1) is 5.82 Å². The van der Waals surface area contributed by atoms with Gasteiger partial charge in [0.1, 0.15) is 11.6 Å². The number of nitrogens with zero attached hydrogens (tertiary/aromatic N) is 1. The number of carbonyl (C=O) groups is 2. The first-order chi connectivity index (χ1) is 13.9. The third-order valence-corrected chi connectivity index (χ3v) is 4.40. The second-order valence-corrected chi connectivity index (χ2v) is 6.42. The van der Waals surface area contributed by atoms with E-state index in [0.29, 0.717) is 24.5 Å². The molecule has 1 N–H and O–H groups in total. The molecule has 0 saturated carbocycles. The quantitative estimate of drug-likeness (QED) is 0.623. The number of likely N-dealkylation sites (N-methyl/N-ethyl adjacent to an activating group) is 1. The van der Waals surface area contributed by atoms with Gasteiger partial charge in [0.15, 0.2) is 12.7 Å². The lowest BCUT2D eigenvalue weighted by Crippen LogP contribution is -2.34. The summed E-state index contributed by atoms with van der Waals surface area (Å²) in [5.41, 5.74) is 1.24. The third-order valence-electron chi connectivity index (χ3n) is 4.40. The molecular weight excluding hydrogens is 377 g/mol. The van der Waals surface area contributed by atoms with Crippen molar-refractivity contribution in [1.82, 2.24) is 4.90 Å². The number of carbonyl (C=O) groups excluding carboxylic acids is 1. The molecule has 0 aliphatic rings. The summed E-state index contributed by atoms with van der Waals surface area (Å²) < 4.78 is 24.6. The van der Waals surface area contributed by atoms with Crippen molar-refractivity contribution in [2.45, 2.75) is 32.9 Å². The third kappa shape index (κ3) is 6.87. The number of ether oxygens (including phenoxy) is 2. The Hall–Kier alpha value is -2.93. The maximum atomic E-state index is 13.8. The van der Waals surface area contributed by atoms with Gasteiger partial charge < -0.3 is 19.5 Å². The molecule has 0 aliphatic carbocycles. The van der Waals surface area contributed by atoms with E-state index in [1.54, 1.807) is 49.4 Å². The highest BCUT2D eigenvalue weighted by atomic mass is 19.1. The fraction of sp³-hybridized carbons (Fsp3) is 0.364. The molecule has 0 aromatic heterocycles. The van der Waals surface area contributed by atoms with Gasteiger partial charge >= 0.3 is 5.97 Å². The SMILES string of the molecule is CCO[C@@H](Cc1ccc(OCC(=O)N(CC)Cc2ccccc2F)cc1)C(=O)O. The molecule has 156 valence electrons. The molecule has 1 atom stereocenters. The predicted octanol–water partition coefficient (Wildman–Crippen LogP) is 3.29. The first-order valence-corrected chi connectivity index (χ1v) is 9.51. The van der Waals surface area contributed by atoms with Gasteiger partial charge in [-0.25, -0.2) is 9.18 Å². The zero-order chi connectivity index (χ0) is 21.2. The first-order valence-electron chi connectivity index (χ1n) is 9.51. The molecular formula is C22H26FNO5. The van der Waals surface area contributed by atoms with E-state index in [4.69, 9.17) is 14.6 Å². The lowest BCUT2D eigenvalue weighted by Gasteiger charge is -2.21. The Bertz CT molecular complexity index is 809. The zero-order valence-corrected chi connectivity index (χ0v) is 16.6. The van der Waals surface area contributed by atoms with Crippen molar-refractivity contribution in [3.05, 3.63) is 65.5 Å². The van der Waals surface area contributed by atoms with Crippen molar-refractivity contribution in [3.8, 4) is 5.75 Å². The van der Waals surface area contributed by atoms with Crippen LogP contribution in [0.25, 0.3) is 0 Å². The Morgan fingerprint density at radius 2 is 1.79 bits per heavy atom. The molecule has 7 heteroatoms. The summed E-state index contributed by atoms with van der Waals surface area (Å²) in [6.45, 7) is 4.33. The Morgan fingerprint density at radius 1 is 1.10 bits per heavy atom. The molecule has 0 unspecified atom stereocenters. The van der Waals surface area contributed by atoms with Crippen LogP contribution >= 0.6 is 0 Å². The van der Waals surface area contributed by atoms with E-state index in [-0.39, 0.29) is 31.3 Å². The van der Waals surface area contributed by atoms with Crippen LogP contribution in [0.3, 0.4) is 0 Å². The van der Waals surface area contributed by atoms with Crippen LogP contribution in [-0.4, -0.2) is 47.7 Å². The fourth-order valence-corrected chi connectivity index (χ4v) is 2.80. The van der Waals surface area contributed by atoms with E-state index in [1.807, 2.05) is 6.92 Å². The maximum Gasteiger partial charge on any atom is 0.333 e. The first kappa shape index (κ1) is 22.4.